The smallest absolute Gasteiger partial charge is 0.165 e. The quantitative estimate of drug-likeness (QED) is 0.609. The topological polar surface area (TPSA) is 30.7 Å². The largest absolute Gasteiger partial charge is 0.278 e. The van der Waals surface area contributed by atoms with E-state index >= 15 is 0 Å². The van der Waals surface area contributed by atoms with Crippen molar-refractivity contribution in [3.63, 3.8) is 0 Å². The Balaban J connectivity index is 2.38. The summed E-state index contributed by atoms with van der Waals surface area (Å²) in [7, 11) is 0. The number of alkyl halides is 1. The summed E-state index contributed by atoms with van der Waals surface area (Å²) in [6.07, 6.45) is 0. The standard InChI is InChI=1S/C15H12Cl3N3/c1-8-5-11(18)13(6-10(8)17)21-14(7-16)20-12-4-3-9(2)19-15(12)21/h3-6H,7H2,1-2H3. The summed E-state index contributed by atoms with van der Waals surface area (Å²) < 4.78 is 1.86. The molecular formula is C15H12Cl3N3. The number of aryl methyl sites for hydroxylation is 2. The molecule has 0 atom stereocenters. The number of nitrogens with zero attached hydrogens (tertiary/aromatic N) is 3. The Morgan fingerprint density at radius 3 is 2.52 bits per heavy atom. The summed E-state index contributed by atoms with van der Waals surface area (Å²) >= 11 is 18.6. The molecule has 2 heterocycles. The maximum absolute atomic E-state index is 6.38. The van der Waals surface area contributed by atoms with Crippen molar-refractivity contribution in [3.8, 4) is 5.69 Å². The maximum Gasteiger partial charge on any atom is 0.165 e. The van der Waals surface area contributed by atoms with Crippen LogP contribution in [0, 0.1) is 13.8 Å². The van der Waals surface area contributed by atoms with Gasteiger partial charge in [-0.25, -0.2) is 9.97 Å². The molecule has 0 saturated carbocycles. The number of hydrogen-bond donors (Lipinski definition) is 0. The first kappa shape index (κ1) is 14.6. The molecule has 0 radical (unpaired) electrons. The molecule has 6 heteroatoms. The van der Waals surface area contributed by atoms with Crippen LogP contribution in [0.4, 0.5) is 0 Å². The summed E-state index contributed by atoms with van der Waals surface area (Å²) in [5.41, 5.74) is 4.07. The van der Waals surface area contributed by atoms with Crippen molar-refractivity contribution >= 4 is 46.0 Å². The highest BCUT2D eigenvalue weighted by Crippen LogP contribution is 2.31. The van der Waals surface area contributed by atoms with Crippen LogP contribution in [0.25, 0.3) is 16.9 Å². The van der Waals surface area contributed by atoms with Crippen LogP contribution in [0.1, 0.15) is 17.1 Å². The van der Waals surface area contributed by atoms with Crippen LogP contribution in [0.2, 0.25) is 10.0 Å². The summed E-state index contributed by atoms with van der Waals surface area (Å²) in [5, 5.41) is 1.23. The molecule has 2 aromatic heterocycles. The van der Waals surface area contributed by atoms with E-state index in [0.29, 0.717) is 15.9 Å². The minimum absolute atomic E-state index is 0.261. The molecular weight excluding hydrogens is 329 g/mol. The number of pyridine rings is 1. The SMILES string of the molecule is Cc1ccc2nc(CCl)n(-c3cc(Cl)c(C)cc3Cl)c2n1. The molecule has 0 amide bonds. The van der Waals surface area contributed by atoms with Gasteiger partial charge in [0.05, 0.1) is 16.6 Å². The van der Waals surface area contributed by atoms with E-state index in [2.05, 4.69) is 9.97 Å². The first-order valence-corrected chi connectivity index (χ1v) is 7.67. The number of halogens is 3. The zero-order valence-corrected chi connectivity index (χ0v) is 13.8. The monoisotopic (exact) mass is 339 g/mol. The average molecular weight is 341 g/mol. The predicted molar refractivity (Wildman–Crippen MR) is 87.9 cm³/mol. The van der Waals surface area contributed by atoms with Crippen molar-refractivity contribution in [2.24, 2.45) is 0 Å². The van der Waals surface area contributed by atoms with E-state index in [1.165, 1.54) is 0 Å². The second-order valence-electron chi connectivity index (χ2n) is 4.85. The molecule has 108 valence electrons. The lowest BCUT2D eigenvalue weighted by atomic mass is 10.2. The molecule has 0 aliphatic heterocycles. The Bertz CT molecular complexity index is 840. The summed E-state index contributed by atoms with van der Waals surface area (Å²) in [4.78, 5) is 9.06. The van der Waals surface area contributed by atoms with Crippen molar-refractivity contribution in [3.05, 3.63) is 51.4 Å². The number of fused-ring (bicyclic) bond motifs is 1. The highest BCUT2D eigenvalue weighted by Gasteiger charge is 2.16. The number of rotatable bonds is 2. The van der Waals surface area contributed by atoms with Gasteiger partial charge in [-0.15, -0.1) is 11.6 Å². The molecule has 0 aliphatic rings. The van der Waals surface area contributed by atoms with E-state index in [1.54, 1.807) is 0 Å². The first-order valence-electron chi connectivity index (χ1n) is 6.38. The molecule has 0 saturated heterocycles. The highest BCUT2D eigenvalue weighted by atomic mass is 35.5. The Morgan fingerprint density at radius 1 is 1.05 bits per heavy atom. The first-order chi connectivity index (χ1) is 10.0. The van der Waals surface area contributed by atoms with Crippen LogP contribution < -0.4 is 0 Å². The number of aromatic nitrogens is 3. The number of imidazole rings is 1. The van der Waals surface area contributed by atoms with E-state index in [9.17, 15) is 0 Å². The zero-order chi connectivity index (χ0) is 15.1. The zero-order valence-electron chi connectivity index (χ0n) is 11.5. The van der Waals surface area contributed by atoms with Gasteiger partial charge in [0.2, 0.25) is 0 Å². The van der Waals surface area contributed by atoms with Crippen LogP contribution in [0.3, 0.4) is 0 Å². The molecule has 0 fully saturated rings. The van der Waals surface area contributed by atoms with Gasteiger partial charge in [0, 0.05) is 10.7 Å². The fraction of sp³-hybridized carbons (Fsp3) is 0.200. The third-order valence-electron chi connectivity index (χ3n) is 3.30. The van der Waals surface area contributed by atoms with Gasteiger partial charge in [0.15, 0.2) is 5.65 Å². The van der Waals surface area contributed by atoms with E-state index in [0.717, 1.165) is 28.1 Å². The maximum atomic E-state index is 6.38. The molecule has 3 nitrogen and oxygen atoms in total. The van der Waals surface area contributed by atoms with Gasteiger partial charge in [0.25, 0.3) is 0 Å². The Kier molecular flexibility index (Phi) is 3.82. The fourth-order valence-electron chi connectivity index (χ4n) is 2.25. The van der Waals surface area contributed by atoms with E-state index < -0.39 is 0 Å². The third kappa shape index (κ3) is 2.50. The molecule has 0 aliphatic carbocycles. The normalized spacial score (nSPS) is 11.3. The third-order valence-corrected chi connectivity index (χ3v) is 4.25. The Morgan fingerprint density at radius 2 is 1.81 bits per heavy atom. The van der Waals surface area contributed by atoms with E-state index in [1.807, 2.05) is 42.7 Å². The van der Waals surface area contributed by atoms with E-state index in [4.69, 9.17) is 34.8 Å². The van der Waals surface area contributed by atoms with Crippen molar-refractivity contribution in [1.29, 1.82) is 0 Å². The van der Waals surface area contributed by atoms with Gasteiger partial charge >= 0.3 is 0 Å². The molecule has 3 aromatic rings. The molecule has 3 rings (SSSR count). The van der Waals surface area contributed by atoms with Gasteiger partial charge < -0.3 is 0 Å². The number of hydrogen-bond acceptors (Lipinski definition) is 2. The molecule has 21 heavy (non-hydrogen) atoms. The van der Waals surface area contributed by atoms with Gasteiger partial charge in [0.1, 0.15) is 11.3 Å². The molecule has 0 N–H and O–H groups in total. The summed E-state index contributed by atoms with van der Waals surface area (Å²) in [6.45, 7) is 3.84. The fourth-order valence-corrected chi connectivity index (χ4v) is 2.89. The molecule has 0 unspecified atom stereocenters. The molecule has 0 spiro atoms. The van der Waals surface area contributed by atoms with Gasteiger partial charge in [-0.1, -0.05) is 23.2 Å². The number of benzene rings is 1. The van der Waals surface area contributed by atoms with Crippen molar-refractivity contribution in [2.75, 3.05) is 0 Å². The second kappa shape index (κ2) is 5.48. The minimum atomic E-state index is 0.261. The second-order valence-corrected chi connectivity index (χ2v) is 5.93. The molecule has 1 aromatic carbocycles. The average Bonchev–Trinajstić information content (AvgIpc) is 2.80. The lowest BCUT2D eigenvalue weighted by molar-refractivity contribution is 0.966. The van der Waals surface area contributed by atoms with E-state index in [-0.39, 0.29) is 5.88 Å². The van der Waals surface area contributed by atoms with Gasteiger partial charge in [-0.3, -0.25) is 4.57 Å². The van der Waals surface area contributed by atoms with Crippen LogP contribution in [-0.4, -0.2) is 14.5 Å². The Hall–Kier alpha value is -1.29. The summed E-state index contributed by atoms with van der Waals surface area (Å²) in [5.74, 6) is 0.948. The molecule has 0 bridgehead atoms. The van der Waals surface area contributed by atoms with Crippen molar-refractivity contribution in [1.82, 2.24) is 14.5 Å². The highest BCUT2D eigenvalue weighted by molar-refractivity contribution is 6.35. The van der Waals surface area contributed by atoms with Crippen LogP contribution in [-0.2, 0) is 5.88 Å². The van der Waals surface area contributed by atoms with Crippen LogP contribution in [0.15, 0.2) is 24.3 Å². The van der Waals surface area contributed by atoms with Crippen molar-refractivity contribution < 1.29 is 0 Å². The predicted octanol–water partition coefficient (Wildman–Crippen LogP) is 5.08. The van der Waals surface area contributed by atoms with Crippen LogP contribution in [0.5, 0.6) is 0 Å². The minimum Gasteiger partial charge on any atom is -0.278 e. The lowest BCUT2D eigenvalue weighted by Gasteiger charge is -2.11. The van der Waals surface area contributed by atoms with Crippen LogP contribution >= 0.6 is 34.8 Å². The Labute approximate surface area is 137 Å². The lowest BCUT2D eigenvalue weighted by Crippen LogP contribution is -2.02. The van der Waals surface area contributed by atoms with Crippen molar-refractivity contribution in [2.45, 2.75) is 19.7 Å². The summed E-state index contributed by atoms with van der Waals surface area (Å²) in [6, 6.07) is 7.49. The van der Waals surface area contributed by atoms with Gasteiger partial charge in [-0.2, -0.15) is 0 Å². The van der Waals surface area contributed by atoms with Gasteiger partial charge in [-0.05, 0) is 43.7 Å².